The lowest BCUT2D eigenvalue weighted by Crippen LogP contribution is -2.44. The lowest BCUT2D eigenvalue weighted by Gasteiger charge is -2.31. The maximum atomic E-state index is 13.0. The lowest BCUT2D eigenvalue weighted by molar-refractivity contribution is -0.137. The Morgan fingerprint density at radius 3 is 2.69 bits per heavy atom. The minimum Gasteiger partial charge on any atom is -0.461 e. The van der Waals surface area contributed by atoms with Crippen LogP contribution in [0.1, 0.15) is 27.5 Å². The van der Waals surface area contributed by atoms with Crippen LogP contribution in [0.25, 0.3) is 11.3 Å². The van der Waals surface area contributed by atoms with E-state index in [4.69, 9.17) is 4.42 Å². The molecule has 0 atom stereocenters. The number of anilines is 1. The number of likely N-dealkylation sites (N-methyl/N-ethyl adjacent to an activating group) is 1. The molecule has 1 aromatic carbocycles. The van der Waals surface area contributed by atoms with Crippen molar-refractivity contribution in [2.45, 2.75) is 19.6 Å². The van der Waals surface area contributed by atoms with Crippen molar-refractivity contribution in [1.82, 2.24) is 19.2 Å². The highest BCUT2D eigenvalue weighted by Crippen LogP contribution is 2.33. The molecule has 0 unspecified atom stereocenters. The van der Waals surface area contributed by atoms with E-state index < -0.39 is 17.6 Å². The van der Waals surface area contributed by atoms with Crippen molar-refractivity contribution in [1.29, 1.82) is 0 Å². The summed E-state index contributed by atoms with van der Waals surface area (Å²) in [6, 6.07) is 6.23. The van der Waals surface area contributed by atoms with E-state index in [2.05, 4.69) is 31.5 Å². The van der Waals surface area contributed by atoms with E-state index >= 15 is 0 Å². The van der Waals surface area contributed by atoms with Crippen LogP contribution in [0.3, 0.4) is 0 Å². The smallest absolute Gasteiger partial charge is 0.416 e. The number of hydrogen-bond donors (Lipinski definition) is 1. The van der Waals surface area contributed by atoms with Gasteiger partial charge in [0.05, 0.1) is 17.7 Å². The average molecular weight is 466 g/mol. The molecular weight excluding hydrogens is 443 g/mol. The third kappa shape index (κ3) is 5.17. The van der Waals surface area contributed by atoms with Gasteiger partial charge in [-0.25, -0.2) is 4.98 Å². The monoisotopic (exact) mass is 465 g/mol. The van der Waals surface area contributed by atoms with Crippen LogP contribution < -0.4 is 5.32 Å². The Labute approximate surface area is 187 Å². The van der Waals surface area contributed by atoms with Gasteiger partial charge >= 0.3 is 6.18 Å². The first-order chi connectivity index (χ1) is 15.2. The highest BCUT2D eigenvalue weighted by Gasteiger charge is 2.31. The van der Waals surface area contributed by atoms with Gasteiger partial charge in [-0.05, 0) is 32.2 Å². The molecule has 1 fully saturated rings. The number of carbonyl (C=O) groups is 1. The van der Waals surface area contributed by atoms with Crippen LogP contribution in [0.4, 0.5) is 18.3 Å². The van der Waals surface area contributed by atoms with Crippen molar-refractivity contribution < 1.29 is 22.4 Å². The van der Waals surface area contributed by atoms with E-state index in [-0.39, 0.29) is 16.9 Å². The molecule has 1 saturated heterocycles. The molecule has 170 valence electrons. The predicted octanol–water partition coefficient (Wildman–Crippen LogP) is 4.13. The van der Waals surface area contributed by atoms with Gasteiger partial charge in [0, 0.05) is 43.3 Å². The molecule has 11 heteroatoms. The summed E-state index contributed by atoms with van der Waals surface area (Å²) in [5, 5.41) is 3.06. The van der Waals surface area contributed by atoms with Crippen molar-refractivity contribution in [2.24, 2.45) is 0 Å². The predicted molar refractivity (Wildman–Crippen MR) is 115 cm³/mol. The van der Waals surface area contributed by atoms with Crippen molar-refractivity contribution in [3.63, 3.8) is 0 Å². The molecule has 0 bridgehead atoms. The first kappa shape index (κ1) is 22.4. The molecular formula is C21H22F3N5O2S. The molecule has 1 N–H and O–H groups in total. The summed E-state index contributed by atoms with van der Waals surface area (Å²) in [4.78, 5) is 21.6. The zero-order chi connectivity index (χ0) is 22.9. The van der Waals surface area contributed by atoms with Crippen molar-refractivity contribution in [2.75, 3.05) is 38.5 Å². The molecule has 4 rings (SSSR count). The summed E-state index contributed by atoms with van der Waals surface area (Å²) in [5.74, 6) is 0.680. The fraction of sp³-hybridized carbons (Fsp3) is 0.381. The van der Waals surface area contributed by atoms with E-state index in [1.807, 2.05) is 0 Å². The minimum absolute atomic E-state index is 0.187. The number of piperazine rings is 1. The van der Waals surface area contributed by atoms with Gasteiger partial charge in [-0.2, -0.15) is 17.5 Å². The second kappa shape index (κ2) is 9.00. The maximum Gasteiger partial charge on any atom is 0.416 e. The number of benzene rings is 1. The molecule has 7 nitrogen and oxygen atoms in total. The lowest BCUT2D eigenvalue weighted by atomic mass is 10.1. The van der Waals surface area contributed by atoms with Crippen LogP contribution in [0.15, 0.2) is 34.7 Å². The number of rotatable bonds is 5. The molecule has 0 radical (unpaired) electrons. The van der Waals surface area contributed by atoms with Crippen LogP contribution in [0.5, 0.6) is 0 Å². The third-order valence-corrected chi connectivity index (χ3v) is 5.95. The number of nitrogens with one attached hydrogen (secondary N) is 1. The molecule has 1 aliphatic rings. The molecule has 1 amide bonds. The van der Waals surface area contributed by atoms with Gasteiger partial charge < -0.3 is 9.32 Å². The minimum atomic E-state index is -4.46. The van der Waals surface area contributed by atoms with E-state index in [1.165, 1.54) is 18.2 Å². The number of aromatic nitrogens is 2. The Morgan fingerprint density at radius 2 is 1.97 bits per heavy atom. The summed E-state index contributed by atoms with van der Waals surface area (Å²) in [6.07, 6.45) is -4.46. The van der Waals surface area contributed by atoms with E-state index in [0.29, 0.717) is 23.3 Å². The molecule has 3 heterocycles. The molecule has 0 saturated carbocycles. The number of halogens is 3. The second-order valence-electron chi connectivity index (χ2n) is 7.71. The van der Waals surface area contributed by atoms with Crippen LogP contribution >= 0.6 is 11.5 Å². The number of carbonyl (C=O) groups excluding carboxylic acids is 1. The summed E-state index contributed by atoms with van der Waals surface area (Å²) >= 11 is 1.09. The van der Waals surface area contributed by atoms with Crippen LogP contribution in [0.2, 0.25) is 0 Å². The SMILES string of the molecule is Cc1oc(-c2cccc(C(F)(F)F)c2)cc1C(=O)Nc1nc(CN2CCN(C)CC2)ns1. The fourth-order valence-corrected chi connectivity index (χ4v) is 4.01. The zero-order valence-corrected chi connectivity index (χ0v) is 18.4. The van der Waals surface area contributed by atoms with Gasteiger partial charge in [-0.1, -0.05) is 12.1 Å². The number of nitrogens with zero attached hydrogens (tertiary/aromatic N) is 4. The van der Waals surface area contributed by atoms with Gasteiger partial charge in [0.2, 0.25) is 5.13 Å². The van der Waals surface area contributed by atoms with Gasteiger partial charge in [-0.15, -0.1) is 0 Å². The Morgan fingerprint density at radius 1 is 1.22 bits per heavy atom. The number of hydrogen-bond acceptors (Lipinski definition) is 7. The molecule has 0 aliphatic carbocycles. The van der Waals surface area contributed by atoms with Gasteiger partial charge in [-0.3, -0.25) is 15.0 Å². The molecule has 0 spiro atoms. The zero-order valence-electron chi connectivity index (χ0n) is 17.6. The Bertz CT molecular complexity index is 1100. The van der Waals surface area contributed by atoms with Crippen LogP contribution in [-0.4, -0.2) is 58.3 Å². The first-order valence-corrected chi connectivity index (χ1v) is 10.8. The molecule has 2 aromatic heterocycles. The highest BCUT2D eigenvalue weighted by atomic mass is 32.1. The first-order valence-electron chi connectivity index (χ1n) is 10.0. The number of amides is 1. The topological polar surface area (TPSA) is 74.5 Å². The Hall–Kier alpha value is -2.76. The maximum absolute atomic E-state index is 13.0. The summed E-state index contributed by atoms with van der Waals surface area (Å²) in [6.45, 7) is 6.05. The normalized spacial score (nSPS) is 15.8. The van der Waals surface area contributed by atoms with Gasteiger partial charge in [0.25, 0.3) is 5.91 Å². The Kier molecular flexibility index (Phi) is 6.31. The van der Waals surface area contributed by atoms with E-state index in [0.717, 1.165) is 49.8 Å². The van der Waals surface area contributed by atoms with Gasteiger partial charge in [0.15, 0.2) is 5.82 Å². The second-order valence-corrected chi connectivity index (χ2v) is 8.46. The number of aryl methyl sites for hydroxylation is 1. The largest absolute Gasteiger partial charge is 0.461 e. The highest BCUT2D eigenvalue weighted by molar-refractivity contribution is 7.09. The van der Waals surface area contributed by atoms with E-state index in [9.17, 15) is 18.0 Å². The number of alkyl halides is 3. The quantitative estimate of drug-likeness (QED) is 0.611. The van der Waals surface area contributed by atoms with E-state index in [1.54, 1.807) is 6.92 Å². The van der Waals surface area contributed by atoms with Crippen molar-refractivity contribution in [3.8, 4) is 11.3 Å². The fourth-order valence-electron chi connectivity index (χ4n) is 3.44. The summed E-state index contributed by atoms with van der Waals surface area (Å²) in [5.41, 5.74) is -0.308. The average Bonchev–Trinajstić information content (AvgIpc) is 3.35. The van der Waals surface area contributed by atoms with Gasteiger partial charge in [0.1, 0.15) is 11.5 Å². The number of furan rings is 1. The van der Waals surface area contributed by atoms with Crippen molar-refractivity contribution >= 4 is 22.6 Å². The molecule has 1 aliphatic heterocycles. The summed E-state index contributed by atoms with van der Waals surface area (Å²) in [7, 11) is 2.09. The summed E-state index contributed by atoms with van der Waals surface area (Å²) < 4.78 is 48.9. The van der Waals surface area contributed by atoms with Crippen LogP contribution in [0, 0.1) is 6.92 Å². The molecule has 3 aromatic rings. The standard InChI is InChI=1S/C21H22F3N5O2S/c1-13-16(11-17(31-13)14-4-3-5-15(10-14)21(22,23)24)19(30)26-20-25-18(27-32-20)12-29-8-6-28(2)7-9-29/h3-5,10-11H,6-9,12H2,1-2H3,(H,25,26,27,30). The van der Waals surface area contributed by atoms with Crippen LogP contribution in [-0.2, 0) is 12.7 Å². The Balaban J connectivity index is 1.44. The third-order valence-electron chi connectivity index (χ3n) is 5.29. The van der Waals surface area contributed by atoms with Crippen molar-refractivity contribution in [3.05, 3.63) is 53.0 Å². The molecule has 32 heavy (non-hydrogen) atoms.